The summed E-state index contributed by atoms with van der Waals surface area (Å²) in [6.45, 7) is 0.901. The van der Waals surface area contributed by atoms with Gasteiger partial charge in [-0.25, -0.2) is 8.78 Å². The second-order valence-electron chi connectivity index (χ2n) is 4.41. The molecule has 0 saturated carbocycles. The summed E-state index contributed by atoms with van der Waals surface area (Å²) < 4.78 is 27.1. The first-order valence-corrected chi connectivity index (χ1v) is 6.87. The maximum absolute atomic E-state index is 13.8. The van der Waals surface area contributed by atoms with Crippen LogP contribution in [0.5, 0.6) is 0 Å². The molecule has 0 saturated heterocycles. The molecule has 1 aromatic heterocycles. The molecule has 0 radical (unpaired) electrons. The van der Waals surface area contributed by atoms with E-state index in [0.717, 1.165) is 17.0 Å². The zero-order valence-corrected chi connectivity index (χ0v) is 11.5. The Morgan fingerprint density at radius 3 is 2.74 bits per heavy atom. The molecule has 0 spiro atoms. The van der Waals surface area contributed by atoms with Crippen LogP contribution in [0.2, 0.25) is 0 Å². The molecule has 2 aromatic rings. The topological polar surface area (TPSA) is 29.3 Å². The summed E-state index contributed by atoms with van der Waals surface area (Å²) in [4.78, 5) is 3.10. The van der Waals surface area contributed by atoms with Crippen LogP contribution in [0.1, 0.15) is 16.5 Å². The summed E-state index contributed by atoms with van der Waals surface area (Å²) in [6, 6.07) is 7.12. The van der Waals surface area contributed by atoms with Crippen molar-refractivity contribution in [3.05, 3.63) is 57.8 Å². The van der Waals surface area contributed by atoms with Crippen LogP contribution in [0.15, 0.2) is 35.7 Å². The molecule has 5 heteroatoms. The predicted octanol–water partition coefficient (Wildman–Crippen LogP) is 3.16. The van der Waals surface area contributed by atoms with E-state index in [9.17, 15) is 8.78 Å². The Bertz CT molecular complexity index is 528. The minimum Gasteiger partial charge on any atom is -0.329 e. The van der Waals surface area contributed by atoms with Crippen molar-refractivity contribution in [2.45, 2.75) is 12.6 Å². The minimum absolute atomic E-state index is 0.238. The molecule has 1 unspecified atom stereocenters. The van der Waals surface area contributed by atoms with Gasteiger partial charge in [0.25, 0.3) is 0 Å². The molecule has 0 bridgehead atoms. The smallest absolute Gasteiger partial charge is 0.128 e. The van der Waals surface area contributed by atoms with Crippen LogP contribution in [0.3, 0.4) is 0 Å². The Labute approximate surface area is 115 Å². The lowest BCUT2D eigenvalue weighted by atomic mass is 10.0. The van der Waals surface area contributed by atoms with Gasteiger partial charge in [0.1, 0.15) is 11.6 Å². The van der Waals surface area contributed by atoms with E-state index < -0.39 is 11.6 Å². The maximum atomic E-state index is 13.8. The fourth-order valence-corrected chi connectivity index (χ4v) is 2.84. The molecule has 1 heterocycles. The lowest BCUT2D eigenvalue weighted by molar-refractivity contribution is 0.238. The molecule has 102 valence electrons. The third-order valence-corrected chi connectivity index (χ3v) is 3.92. The Hall–Kier alpha value is -1.30. The summed E-state index contributed by atoms with van der Waals surface area (Å²) in [5.41, 5.74) is 6.03. The summed E-state index contributed by atoms with van der Waals surface area (Å²) in [5, 5.41) is 1.99. The van der Waals surface area contributed by atoms with Gasteiger partial charge in [-0.1, -0.05) is 6.07 Å². The van der Waals surface area contributed by atoms with E-state index in [4.69, 9.17) is 5.73 Å². The van der Waals surface area contributed by atoms with E-state index in [0.29, 0.717) is 12.1 Å². The van der Waals surface area contributed by atoms with Crippen molar-refractivity contribution in [3.8, 4) is 0 Å². The molecule has 0 amide bonds. The largest absolute Gasteiger partial charge is 0.329 e. The van der Waals surface area contributed by atoms with E-state index in [-0.39, 0.29) is 12.6 Å². The third-order valence-electron chi connectivity index (χ3n) is 3.06. The van der Waals surface area contributed by atoms with Crippen LogP contribution in [-0.4, -0.2) is 18.5 Å². The molecule has 0 fully saturated rings. The monoisotopic (exact) mass is 282 g/mol. The molecular formula is C14H16F2N2S. The number of nitrogens with two attached hydrogens (primary N) is 1. The number of likely N-dealkylation sites (N-methyl/N-ethyl adjacent to an activating group) is 1. The van der Waals surface area contributed by atoms with Crippen molar-refractivity contribution in [2.24, 2.45) is 5.73 Å². The van der Waals surface area contributed by atoms with Crippen molar-refractivity contribution >= 4 is 11.3 Å². The van der Waals surface area contributed by atoms with Gasteiger partial charge in [-0.2, -0.15) is 0 Å². The molecule has 0 aliphatic heterocycles. The van der Waals surface area contributed by atoms with Crippen LogP contribution in [0.4, 0.5) is 8.78 Å². The van der Waals surface area contributed by atoms with Crippen LogP contribution in [-0.2, 0) is 6.54 Å². The number of benzene rings is 1. The number of nitrogens with zero attached hydrogens (tertiary/aromatic N) is 1. The van der Waals surface area contributed by atoms with Gasteiger partial charge >= 0.3 is 0 Å². The molecular weight excluding hydrogens is 266 g/mol. The average Bonchev–Trinajstić information content (AvgIpc) is 2.87. The lowest BCUT2D eigenvalue weighted by Gasteiger charge is -2.27. The van der Waals surface area contributed by atoms with Crippen LogP contribution < -0.4 is 5.73 Å². The quantitative estimate of drug-likeness (QED) is 0.912. The first-order chi connectivity index (χ1) is 9.11. The maximum Gasteiger partial charge on any atom is 0.128 e. The second-order valence-corrected chi connectivity index (χ2v) is 5.44. The van der Waals surface area contributed by atoms with E-state index in [1.165, 1.54) is 6.07 Å². The Balaban J connectivity index is 2.21. The number of halogens is 2. The van der Waals surface area contributed by atoms with Crippen LogP contribution in [0, 0.1) is 11.6 Å². The molecule has 0 aliphatic carbocycles. The molecule has 1 aromatic carbocycles. The fraction of sp³-hybridized carbons (Fsp3) is 0.286. The molecule has 2 N–H and O–H groups in total. The first-order valence-electron chi connectivity index (χ1n) is 5.99. The first kappa shape index (κ1) is 14.1. The molecule has 19 heavy (non-hydrogen) atoms. The zero-order chi connectivity index (χ0) is 13.8. The summed E-state index contributed by atoms with van der Waals surface area (Å²) in [6.07, 6.45) is 0. The number of hydrogen-bond donors (Lipinski definition) is 1. The van der Waals surface area contributed by atoms with Crippen molar-refractivity contribution in [1.29, 1.82) is 0 Å². The predicted molar refractivity (Wildman–Crippen MR) is 73.9 cm³/mol. The van der Waals surface area contributed by atoms with Crippen LogP contribution >= 0.6 is 11.3 Å². The fourth-order valence-electron chi connectivity index (χ4n) is 2.07. The van der Waals surface area contributed by atoms with E-state index in [2.05, 4.69) is 0 Å². The molecule has 2 nitrogen and oxygen atoms in total. The van der Waals surface area contributed by atoms with Gasteiger partial charge in [0.05, 0.1) is 6.04 Å². The normalized spacial score (nSPS) is 12.9. The van der Waals surface area contributed by atoms with Gasteiger partial charge in [-0.15, -0.1) is 11.3 Å². The van der Waals surface area contributed by atoms with Gasteiger partial charge in [0.15, 0.2) is 0 Å². The highest BCUT2D eigenvalue weighted by Gasteiger charge is 2.20. The Morgan fingerprint density at radius 2 is 2.11 bits per heavy atom. The van der Waals surface area contributed by atoms with Gasteiger partial charge < -0.3 is 5.73 Å². The number of hydrogen-bond acceptors (Lipinski definition) is 3. The summed E-state index contributed by atoms with van der Waals surface area (Å²) in [7, 11) is 1.86. The van der Waals surface area contributed by atoms with Gasteiger partial charge in [0.2, 0.25) is 0 Å². The van der Waals surface area contributed by atoms with Gasteiger partial charge in [0, 0.05) is 23.5 Å². The molecule has 0 aliphatic rings. The highest BCUT2D eigenvalue weighted by molar-refractivity contribution is 7.09. The minimum atomic E-state index is -0.445. The average molecular weight is 282 g/mol. The van der Waals surface area contributed by atoms with Crippen molar-refractivity contribution < 1.29 is 8.78 Å². The van der Waals surface area contributed by atoms with E-state index in [1.54, 1.807) is 11.3 Å². The van der Waals surface area contributed by atoms with Crippen molar-refractivity contribution in [1.82, 2.24) is 4.90 Å². The SMILES string of the molecule is CN(Cc1cccs1)C(CN)c1cc(F)ccc1F. The second kappa shape index (κ2) is 6.23. The molecule has 2 rings (SSSR count). The zero-order valence-electron chi connectivity index (χ0n) is 10.6. The van der Waals surface area contributed by atoms with E-state index >= 15 is 0 Å². The van der Waals surface area contributed by atoms with E-state index in [1.807, 2.05) is 29.5 Å². The number of rotatable bonds is 5. The van der Waals surface area contributed by atoms with Crippen molar-refractivity contribution in [3.63, 3.8) is 0 Å². The molecule has 1 atom stereocenters. The summed E-state index contributed by atoms with van der Waals surface area (Å²) >= 11 is 1.63. The standard InChI is InChI=1S/C14H16F2N2S/c1-18(9-11-3-2-6-19-11)14(8-17)12-7-10(15)4-5-13(12)16/h2-7,14H,8-9,17H2,1H3. The van der Waals surface area contributed by atoms with Crippen molar-refractivity contribution in [2.75, 3.05) is 13.6 Å². The van der Waals surface area contributed by atoms with Crippen LogP contribution in [0.25, 0.3) is 0 Å². The lowest BCUT2D eigenvalue weighted by Crippen LogP contribution is -2.30. The summed E-state index contributed by atoms with van der Waals surface area (Å²) in [5.74, 6) is -0.866. The highest BCUT2D eigenvalue weighted by atomic mass is 32.1. The Kier molecular flexibility index (Phi) is 4.63. The third kappa shape index (κ3) is 3.37. The van der Waals surface area contributed by atoms with Gasteiger partial charge in [-0.05, 0) is 36.7 Å². The number of thiophene rings is 1. The van der Waals surface area contributed by atoms with Gasteiger partial charge in [-0.3, -0.25) is 4.90 Å². The highest BCUT2D eigenvalue weighted by Crippen LogP contribution is 2.24. The Morgan fingerprint density at radius 1 is 1.32 bits per heavy atom.